The van der Waals surface area contributed by atoms with E-state index >= 15 is 0 Å². The van der Waals surface area contributed by atoms with Crippen molar-refractivity contribution in [2.24, 2.45) is 0 Å². The lowest BCUT2D eigenvalue weighted by atomic mass is 10.1. The normalized spacial score (nSPS) is 10.7. The number of ketones is 1. The van der Waals surface area contributed by atoms with Crippen LogP contribution < -0.4 is 5.32 Å². The third kappa shape index (κ3) is 3.07. The molecule has 0 saturated carbocycles. The van der Waals surface area contributed by atoms with Crippen molar-refractivity contribution in [3.8, 4) is 0 Å². The van der Waals surface area contributed by atoms with Crippen molar-refractivity contribution >= 4 is 21.7 Å². The maximum absolute atomic E-state index is 12.4. The van der Waals surface area contributed by atoms with E-state index in [1.807, 2.05) is 0 Å². The minimum Gasteiger partial charge on any atom is -0.313 e. The second kappa shape index (κ2) is 5.32. The van der Waals surface area contributed by atoms with Gasteiger partial charge in [-0.3, -0.25) is 4.79 Å². The minimum atomic E-state index is -2.53. The van der Waals surface area contributed by atoms with E-state index in [1.54, 1.807) is 7.05 Å². The van der Waals surface area contributed by atoms with E-state index in [4.69, 9.17) is 0 Å². The summed E-state index contributed by atoms with van der Waals surface area (Å²) in [6.45, 7) is 0.195. The highest BCUT2D eigenvalue weighted by atomic mass is 79.9. The van der Waals surface area contributed by atoms with Crippen molar-refractivity contribution in [2.45, 2.75) is 6.43 Å². The van der Waals surface area contributed by atoms with Crippen LogP contribution in [-0.2, 0) is 0 Å². The summed E-state index contributed by atoms with van der Waals surface area (Å²) in [6, 6.07) is 4.09. The van der Waals surface area contributed by atoms with E-state index in [1.165, 1.54) is 18.2 Å². The largest absolute Gasteiger partial charge is 0.313 e. The summed E-state index contributed by atoms with van der Waals surface area (Å²) in [5, 5.41) is 2.71. The summed E-state index contributed by atoms with van der Waals surface area (Å²) < 4.78 is 25.0. The smallest absolute Gasteiger partial charge is 0.264 e. The number of carbonyl (C=O) groups excluding carboxylic acids is 1. The van der Waals surface area contributed by atoms with Gasteiger partial charge < -0.3 is 5.32 Å². The molecule has 0 aromatic heterocycles. The van der Waals surface area contributed by atoms with Gasteiger partial charge in [0.05, 0.1) is 6.54 Å². The quantitative estimate of drug-likeness (QED) is 0.858. The number of benzene rings is 1. The maximum atomic E-state index is 12.4. The lowest BCUT2D eigenvalue weighted by Crippen LogP contribution is -2.18. The first-order chi connectivity index (χ1) is 7.06. The molecule has 0 radical (unpaired) electrons. The highest BCUT2D eigenvalue weighted by molar-refractivity contribution is 9.10. The van der Waals surface area contributed by atoms with Crippen molar-refractivity contribution in [1.82, 2.24) is 5.32 Å². The number of hydrogen-bond acceptors (Lipinski definition) is 2. The second-order valence-electron chi connectivity index (χ2n) is 2.99. The van der Waals surface area contributed by atoms with Crippen LogP contribution in [0.4, 0.5) is 8.78 Å². The lowest BCUT2D eigenvalue weighted by molar-refractivity contribution is 0.0993. The molecule has 0 spiro atoms. The van der Waals surface area contributed by atoms with Crippen LogP contribution in [0, 0.1) is 0 Å². The highest BCUT2D eigenvalue weighted by Crippen LogP contribution is 2.28. The molecule has 1 aromatic carbocycles. The van der Waals surface area contributed by atoms with Crippen LogP contribution in [0.2, 0.25) is 0 Å². The summed E-state index contributed by atoms with van der Waals surface area (Å²) >= 11 is 3.01. The fourth-order valence-electron chi connectivity index (χ4n) is 1.14. The number of nitrogens with one attached hydrogen (secondary N) is 1. The Morgan fingerprint density at radius 1 is 1.53 bits per heavy atom. The zero-order valence-electron chi connectivity index (χ0n) is 8.06. The lowest BCUT2D eigenvalue weighted by Gasteiger charge is -2.05. The fraction of sp³-hybridized carbons (Fsp3) is 0.300. The number of hydrogen-bond donors (Lipinski definition) is 1. The highest BCUT2D eigenvalue weighted by Gasteiger charge is 2.13. The molecular weight excluding hydrogens is 268 g/mol. The van der Waals surface area contributed by atoms with Crippen LogP contribution in [0.1, 0.15) is 22.3 Å². The number of Topliss-reactive ketones (excluding diaryl/α,β-unsaturated/α-hetero) is 1. The van der Waals surface area contributed by atoms with Crippen molar-refractivity contribution < 1.29 is 13.6 Å². The van der Waals surface area contributed by atoms with Gasteiger partial charge in [-0.2, -0.15) is 0 Å². The Hall–Kier alpha value is -0.810. The molecule has 0 bridgehead atoms. The van der Waals surface area contributed by atoms with E-state index in [0.717, 1.165) is 0 Å². The van der Waals surface area contributed by atoms with Crippen LogP contribution >= 0.6 is 15.9 Å². The number of rotatable bonds is 4. The third-order valence-corrected chi connectivity index (χ3v) is 2.58. The Bertz CT molecular complexity index is 368. The molecule has 0 amide bonds. The second-order valence-corrected chi connectivity index (χ2v) is 3.84. The van der Waals surface area contributed by atoms with Gasteiger partial charge in [-0.15, -0.1) is 0 Å². The van der Waals surface area contributed by atoms with Crippen LogP contribution in [0.15, 0.2) is 22.7 Å². The van der Waals surface area contributed by atoms with Gasteiger partial charge in [-0.1, -0.05) is 28.1 Å². The van der Waals surface area contributed by atoms with Crippen molar-refractivity contribution in [3.63, 3.8) is 0 Å². The summed E-state index contributed by atoms with van der Waals surface area (Å²) in [4.78, 5) is 11.4. The predicted molar refractivity (Wildman–Crippen MR) is 57.4 cm³/mol. The monoisotopic (exact) mass is 277 g/mol. The first-order valence-corrected chi connectivity index (χ1v) is 5.11. The molecule has 2 nitrogen and oxygen atoms in total. The summed E-state index contributed by atoms with van der Waals surface area (Å²) in [6.07, 6.45) is -2.53. The van der Waals surface area contributed by atoms with E-state index in [0.29, 0.717) is 5.56 Å². The van der Waals surface area contributed by atoms with Gasteiger partial charge in [-0.05, 0) is 13.1 Å². The molecule has 5 heteroatoms. The number of carbonyl (C=O) groups is 1. The van der Waals surface area contributed by atoms with Crippen molar-refractivity contribution in [2.75, 3.05) is 13.6 Å². The van der Waals surface area contributed by atoms with Crippen molar-refractivity contribution in [3.05, 3.63) is 33.8 Å². The molecule has 15 heavy (non-hydrogen) atoms. The first kappa shape index (κ1) is 12.3. The third-order valence-electron chi connectivity index (χ3n) is 1.89. The van der Waals surface area contributed by atoms with E-state index < -0.39 is 6.43 Å². The Morgan fingerprint density at radius 3 is 2.67 bits per heavy atom. The molecule has 0 aliphatic heterocycles. The summed E-state index contributed by atoms with van der Waals surface area (Å²) in [5.74, 6) is -0.126. The summed E-state index contributed by atoms with van der Waals surface area (Å²) in [5.41, 5.74) is 0.316. The molecule has 1 N–H and O–H groups in total. The SMILES string of the molecule is CNCC(=O)c1ccc(C(F)F)c(Br)c1. The van der Waals surface area contributed by atoms with Crippen LogP contribution in [0.5, 0.6) is 0 Å². The minimum absolute atomic E-state index is 0.101. The van der Waals surface area contributed by atoms with Crippen LogP contribution in [0.25, 0.3) is 0 Å². The number of halogens is 3. The van der Waals surface area contributed by atoms with Gasteiger partial charge in [0.25, 0.3) is 6.43 Å². The van der Waals surface area contributed by atoms with Gasteiger partial charge in [0.15, 0.2) is 5.78 Å². The molecule has 0 saturated heterocycles. The van der Waals surface area contributed by atoms with E-state index in [2.05, 4.69) is 21.2 Å². The average molecular weight is 278 g/mol. The number of alkyl halides is 2. The molecule has 1 aromatic rings. The average Bonchev–Trinajstić information content (AvgIpc) is 2.17. The fourth-order valence-corrected chi connectivity index (χ4v) is 1.69. The molecule has 0 heterocycles. The molecule has 1 rings (SSSR count). The Balaban J connectivity index is 2.96. The van der Waals surface area contributed by atoms with Gasteiger partial charge >= 0.3 is 0 Å². The first-order valence-electron chi connectivity index (χ1n) is 4.31. The zero-order chi connectivity index (χ0) is 11.4. The molecule has 0 unspecified atom stereocenters. The summed E-state index contributed by atoms with van der Waals surface area (Å²) in [7, 11) is 1.65. The molecule has 0 aliphatic carbocycles. The predicted octanol–water partition coefficient (Wildman–Crippen LogP) is 2.79. The Labute approximate surface area is 94.8 Å². The van der Waals surface area contributed by atoms with Gasteiger partial charge in [0.1, 0.15) is 0 Å². The molecule has 0 aliphatic rings. The van der Waals surface area contributed by atoms with E-state index in [-0.39, 0.29) is 22.4 Å². The van der Waals surface area contributed by atoms with Crippen molar-refractivity contribution in [1.29, 1.82) is 0 Å². The molecule has 0 atom stereocenters. The van der Waals surface area contributed by atoms with Crippen LogP contribution in [-0.4, -0.2) is 19.4 Å². The van der Waals surface area contributed by atoms with Crippen LogP contribution in [0.3, 0.4) is 0 Å². The van der Waals surface area contributed by atoms with Gasteiger partial charge in [0.2, 0.25) is 0 Å². The molecule has 82 valence electrons. The van der Waals surface area contributed by atoms with E-state index in [9.17, 15) is 13.6 Å². The standard InChI is InChI=1S/C10H10BrF2NO/c1-14-5-9(15)6-2-3-7(10(12)13)8(11)4-6/h2-4,10,14H,5H2,1H3. The molecular formula is C10H10BrF2NO. The Morgan fingerprint density at radius 2 is 2.20 bits per heavy atom. The topological polar surface area (TPSA) is 29.1 Å². The van der Waals surface area contributed by atoms with Gasteiger partial charge in [-0.25, -0.2) is 8.78 Å². The molecule has 0 fully saturated rings. The zero-order valence-corrected chi connectivity index (χ0v) is 9.64. The number of likely N-dealkylation sites (N-methyl/N-ethyl adjacent to an activating group) is 1. The Kier molecular flexibility index (Phi) is 4.35. The van der Waals surface area contributed by atoms with Gasteiger partial charge in [0, 0.05) is 15.6 Å². The maximum Gasteiger partial charge on any atom is 0.264 e.